The molecular weight excluding hydrogens is 304 g/mol. The van der Waals surface area contributed by atoms with Gasteiger partial charge in [-0.05, 0) is 42.3 Å². The molecule has 1 aliphatic heterocycles. The molecule has 1 aliphatic rings. The number of urea groups is 1. The van der Waals surface area contributed by atoms with Crippen molar-refractivity contribution >= 4 is 35.1 Å². The Morgan fingerprint density at radius 1 is 1.14 bits per heavy atom. The van der Waals surface area contributed by atoms with E-state index in [0.717, 1.165) is 17.9 Å². The average molecular weight is 319 g/mol. The maximum atomic E-state index is 12.1. The minimum atomic E-state index is -0.191. The molecule has 0 radical (unpaired) electrons. The third kappa shape index (κ3) is 3.52. The molecule has 5 heteroatoms. The summed E-state index contributed by atoms with van der Waals surface area (Å²) in [5.41, 5.74) is 1.93. The second-order valence-corrected chi connectivity index (χ2v) is 6.41. The number of carbonyl (C=O) groups excluding carboxylic acids is 1. The fourth-order valence-electron chi connectivity index (χ4n) is 2.35. The normalized spacial score (nSPS) is 16.9. The predicted molar refractivity (Wildman–Crippen MR) is 88.1 cm³/mol. The molecule has 3 rings (SSSR count). The molecule has 108 valence electrons. The van der Waals surface area contributed by atoms with E-state index in [1.165, 1.54) is 10.5 Å². The lowest BCUT2D eigenvalue weighted by Crippen LogP contribution is -2.34. The van der Waals surface area contributed by atoms with Gasteiger partial charge in [0.2, 0.25) is 0 Å². The van der Waals surface area contributed by atoms with Crippen LogP contribution in [0.4, 0.5) is 10.5 Å². The number of anilines is 1. The Bertz CT molecular complexity index is 645. The first-order valence-electron chi connectivity index (χ1n) is 6.77. The number of amides is 2. The minimum absolute atomic E-state index is 0.0646. The Kier molecular flexibility index (Phi) is 4.36. The van der Waals surface area contributed by atoms with Crippen molar-refractivity contribution in [2.75, 3.05) is 11.1 Å². The number of hydrogen-bond acceptors (Lipinski definition) is 2. The van der Waals surface area contributed by atoms with Gasteiger partial charge in [0.05, 0.1) is 6.04 Å². The highest BCUT2D eigenvalue weighted by molar-refractivity contribution is 7.99. The van der Waals surface area contributed by atoms with Crippen LogP contribution in [0.25, 0.3) is 0 Å². The summed E-state index contributed by atoms with van der Waals surface area (Å²) in [5.74, 6) is 1.02. The molecular formula is C16H15ClN2OS. The van der Waals surface area contributed by atoms with Crippen LogP contribution in [0.15, 0.2) is 53.4 Å². The zero-order valence-electron chi connectivity index (χ0n) is 11.3. The van der Waals surface area contributed by atoms with Gasteiger partial charge in [-0.1, -0.05) is 29.8 Å². The van der Waals surface area contributed by atoms with E-state index in [0.29, 0.717) is 5.02 Å². The SMILES string of the molecule is O=C(Nc1ccc(Cl)cc1)N[C@H]1CCSc2ccccc21. The molecule has 2 amide bonds. The predicted octanol–water partition coefficient (Wildman–Crippen LogP) is 4.70. The Balaban J connectivity index is 1.67. The molecule has 0 saturated heterocycles. The zero-order chi connectivity index (χ0) is 14.7. The van der Waals surface area contributed by atoms with Gasteiger partial charge in [0.25, 0.3) is 0 Å². The molecule has 0 spiro atoms. The molecule has 2 aromatic carbocycles. The van der Waals surface area contributed by atoms with Crippen molar-refractivity contribution in [3.63, 3.8) is 0 Å². The Morgan fingerprint density at radius 3 is 2.71 bits per heavy atom. The maximum Gasteiger partial charge on any atom is 0.319 e. The summed E-state index contributed by atoms with van der Waals surface area (Å²) in [6, 6.07) is 15.2. The highest BCUT2D eigenvalue weighted by atomic mass is 35.5. The lowest BCUT2D eigenvalue weighted by Gasteiger charge is -2.25. The number of hydrogen-bond donors (Lipinski definition) is 2. The van der Waals surface area contributed by atoms with Gasteiger partial charge in [0.1, 0.15) is 0 Å². The van der Waals surface area contributed by atoms with Crippen LogP contribution in [-0.4, -0.2) is 11.8 Å². The lowest BCUT2D eigenvalue weighted by atomic mass is 10.0. The van der Waals surface area contributed by atoms with Gasteiger partial charge in [-0.25, -0.2) is 4.79 Å². The zero-order valence-corrected chi connectivity index (χ0v) is 12.9. The largest absolute Gasteiger partial charge is 0.331 e. The van der Waals surface area contributed by atoms with Crippen molar-refractivity contribution in [3.05, 3.63) is 59.1 Å². The van der Waals surface area contributed by atoms with E-state index in [1.54, 1.807) is 24.3 Å². The molecule has 2 aromatic rings. The Morgan fingerprint density at radius 2 is 1.90 bits per heavy atom. The lowest BCUT2D eigenvalue weighted by molar-refractivity contribution is 0.248. The maximum absolute atomic E-state index is 12.1. The number of carbonyl (C=O) groups is 1. The van der Waals surface area contributed by atoms with Crippen molar-refractivity contribution < 1.29 is 4.79 Å². The van der Waals surface area contributed by atoms with Gasteiger partial charge in [0, 0.05) is 21.4 Å². The standard InChI is InChI=1S/C16H15ClN2OS/c17-11-5-7-12(8-6-11)18-16(20)19-14-9-10-21-15-4-2-1-3-13(14)15/h1-8,14H,9-10H2,(H2,18,19,20)/t14-/m0/s1. The van der Waals surface area contributed by atoms with Crippen LogP contribution in [-0.2, 0) is 0 Å². The smallest absolute Gasteiger partial charge is 0.319 e. The summed E-state index contributed by atoms with van der Waals surface area (Å²) in [6.07, 6.45) is 0.940. The van der Waals surface area contributed by atoms with Crippen molar-refractivity contribution in [1.82, 2.24) is 5.32 Å². The van der Waals surface area contributed by atoms with E-state index in [1.807, 2.05) is 23.9 Å². The first-order valence-corrected chi connectivity index (χ1v) is 8.13. The molecule has 0 bridgehead atoms. The number of benzene rings is 2. The van der Waals surface area contributed by atoms with Gasteiger partial charge in [-0.15, -0.1) is 11.8 Å². The Hall–Kier alpha value is -1.65. The number of halogens is 1. The second-order valence-electron chi connectivity index (χ2n) is 4.83. The molecule has 0 saturated carbocycles. The fraction of sp³-hybridized carbons (Fsp3) is 0.188. The summed E-state index contributed by atoms with van der Waals surface area (Å²) in [5, 5.41) is 6.53. The molecule has 21 heavy (non-hydrogen) atoms. The number of nitrogens with one attached hydrogen (secondary N) is 2. The molecule has 1 atom stereocenters. The number of thioether (sulfide) groups is 1. The molecule has 0 fully saturated rings. The first kappa shape index (κ1) is 14.3. The number of rotatable bonds is 2. The van der Waals surface area contributed by atoms with Crippen LogP contribution < -0.4 is 10.6 Å². The Labute approximate surface area is 133 Å². The fourth-order valence-corrected chi connectivity index (χ4v) is 3.60. The van der Waals surface area contributed by atoms with E-state index in [9.17, 15) is 4.79 Å². The third-order valence-electron chi connectivity index (χ3n) is 3.37. The van der Waals surface area contributed by atoms with Crippen LogP contribution in [0.3, 0.4) is 0 Å². The molecule has 0 aliphatic carbocycles. The molecule has 2 N–H and O–H groups in total. The van der Waals surface area contributed by atoms with Crippen molar-refractivity contribution in [2.45, 2.75) is 17.4 Å². The quantitative estimate of drug-likeness (QED) is 0.842. The minimum Gasteiger partial charge on any atom is -0.331 e. The van der Waals surface area contributed by atoms with E-state index in [2.05, 4.69) is 22.8 Å². The van der Waals surface area contributed by atoms with Gasteiger partial charge >= 0.3 is 6.03 Å². The van der Waals surface area contributed by atoms with Crippen LogP contribution in [0.2, 0.25) is 5.02 Å². The first-order chi connectivity index (χ1) is 10.2. The topological polar surface area (TPSA) is 41.1 Å². The van der Waals surface area contributed by atoms with Crippen LogP contribution in [0.5, 0.6) is 0 Å². The van der Waals surface area contributed by atoms with Crippen molar-refractivity contribution in [2.24, 2.45) is 0 Å². The summed E-state index contributed by atoms with van der Waals surface area (Å²) >= 11 is 7.67. The van der Waals surface area contributed by atoms with Gasteiger partial charge in [0.15, 0.2) is 0 Å². The summed E-state index contributed by atoms with van der Waals surface area (Å²) < 4.78 is 0. The van der Waals surface area contributed by atoms with E-state index >= 15 is 0 Å². The average Bonchev–Trinajstić information content (AvgIpc) is 2.50. The molecule has 0 unspecified atom stereocenters. The number of fused-ring (bicyclic) bond motifs is 1. The third-order valence-corrected chi connectivity index (χ3v) is 4.74. The van der Waals surface area contributed by atoms with Crippen LogP contribution in [0.1, 0.15) is 18.0 Å². The molecule has 3 nitrogen and oxygen atoms in total. The van der Waals surface area contributed by atoms with E-state index in [-0.39, 0.29) is 12.1 Å². The van der Waals surface area contributed by atoms with Crippen LogP contribution >= 0.6 is 23.4 Å². The van der Waals surface area contributed by atoms with Crippen molar-refractivity contribution in [3.8, 4) is 0 Å². The highest BCUT2D eigenvalue weighted by Crippen LogP contribution is 2.35. The summed E-state index contributed by atoms with van der Waals surface area (Å²) in [7, 11) is 0. The highest BCUT2D eigenvalue weighted by Gasteiger charge is 2.21. The monoisotopic (exact) mass is 318 g/mol. The summed E-state index contributed by atoms with van der Waals surface area (Å²) in [4.78, 5) is 13.4. The van der Waals surface area contributed by atoms with Gasteiger partial charge in [-0.3, -0.25) is 0 Å². The van der Waals surface area contributed by atoms with E-state index in [4.69, 9.17) is 11.6 Å². The second kappa shape index (κ2) is 6.41. The van der Waals surface area contributed by atoms with E-state index < -0.39 is 0 Å². The summed E-state index contributed by atoms with van der Waals surface area (Å²) in [6.45, 7) is 0. The van der Waals surface area contributed by atoms with Crippen LogP contribution in [0, 0.1) is 0 Å². The molecule has 0 aromatic heterocycles. The molecule has 1 heterocycles. The van der Waals surface area contributed by atoms with Gasteiger partial charge < -0.3 is 10.6 Å². The van der Waals surface area contributed by atoms with Gasteiger partial charge in [-0.2, -0.15) is 0 Å². The van der Waals surface area contributed by atoms with Crippen molar-refractivity contribution in [1.29, 1.82) is 0 Å².